The van der Waals surface area contributed by atoms with Gasteiger partial charge in [0, 0.05) is 18.7 Å². The van der Waals surface area contributed by atoms with Crippen molar-refractivity contribution in [2.24, 2.45) is 21.5 Å². The minimum Gasteiger partial charge on any atom is -0.496 e. The topological polar surface area (TPSA) is 209 Å². The second-order valence-corrected chi connectivity index (χ2v) is 11.8. The number of aliphatic imine (C=N–C) groups is 2. The molecular formula is C29H36N8O6. The number of carbonyl (C=O) groups is 2. The molecule has 14 heteroatoms. The number of methoxy groups -OCH3 is 1. The van der Waals surface area contributed by atoms with E-state index in [9.17, 15) is 19.8 Å². The minimum atomic E-state index is -2.63. The number of para-hydroxylation sites is 2. The highest BCUT2D eigenvalue weighted by Gasteiger charge is 2.73. The zero-order valence-electron chi connectivity index (χ0n) is 24.1. The molecule has 43 heavy (non-hydrogen) atoms. The smallest absolute Gasteiger partial charge is 0.255 e. The molecule has 1 spiro atoms. The van der Waals surface area contributed by atoms with Crippen molar-refractivity contribution in [3.63, 3.8) is 0 Å². The molecule has 0 aliphatic carbocycles. The number of hydrogen-bond acceptors (Lipinski definition) is 12. The third-order valence-electron chi connectivity index (χ3n) is 8.89. The van der Waals surface area contributed by atoms with Gasteiger partial charge in [-0.1, -0.05) is 38.1 Å². The van der Waals surface area contributed by atoms with Crippen LogP contribution in [0.1, 0.15) is 46.5 Å². The Hall–Kier alpha value is -4.56. The number of ether oxygens (including phenoxy) is 2. The molecule has 14 nitrogen and oxygen atoms in total. The van der Waals surface area contributed by atoms with Crippen molar-refractivity contribution in [1.82, 2.24) is 20.9 Å². The standard InChI is InChI=1S/C29H36N8O6/c1-27(2)11-12-43-21-16(8-6-9-17(21)27)24(39)34-20-14-37-26(31)33-18(22-28(37,29(20,40)41)36-25(30)35-22)13-32-23(38)15-7-4-5-10-19(15)42-3/h4-10,18,20,22,40-41H,11-14H2,1-3H3,(H2,31,33)(H,32,38)(H,34,39)(H3,30,35,36)/t18-,20?,22-,28-/m0/s1. The predicted octanol–water partition coefficient (Wildman–Crippen LogP) is -1.04. The fourth-order valence-electron chi connectivity index (χ4n) is 6.56. The number of nitrogens with zero attached hydrogens (tertiary/aromatic N) is 3. The number of nitrogens with two attached hydrogens (primary N) is 2. The van der Waals surface area contributed by atoms with Crippen LogP contribution in [0.5, 0.6) is 11.5 Å². The molecule has 4 atom stereocenters. The molecule has 6 rings (SSSR count). The van der Waals surface area contributed by atoms with E-state index in [2.05, 4.69) is 39.8 Å². The van der Waals surface area contributed by atoms with Crippen molar-refractivity contribution in [2.75, 3.05) is 26.8 Å². The quantitative estimate of drug-likeness (QED) is 0.203. The van der Waals surface area contributed by atoms with Gasteiger partial charge in [0.2, 0.25) is 5.79 Å². The summed E-state index contributed by atoms with van der Waals surface area (Å²) >= 11 is 0. The van der Waals surface area contributed by atoms with Crippen molar-refractivity contribution < 1.29 is 29.3 Å². The Morgan fingerprint density at radius 1 is 1.12 bits per heavy atom. The number of rotatable bonds is 6. The molecule has 0 radical (unpaired) electrons. The first-order valence-electron chi connectivity index (χ1n) is 14.1. The van der Waals surface area contributed by atoms with Gasteiger partial charge in [0.05, 0.1) is 30.9 Å². The molecule has 2 amide bonds. The van der Waals surface area contributed by atoms with Crippen LogP contribution in [0.25, 0.3) is 0 Å². The lowest BCUT2D eigenvalue weighted by molar-refractivity contribution is -0.230. The summed E-state index contributed by atoms with van der Waals surface area (Å²) in [5.41, 5.74) is 12.0. The van der Waals surface area contributed by atoms with Gasteiger partial charge in [-0.05, 0) is 30.0 Å². The van der Waals surface area contributed by atoms with E-state index < -0.39 is 41.4 Å². The molecule has 4 heterocycles. The van der Waals surface area contributed by atoms with Crippen molar-refractivity contribution in [3.8, 4) is 11.5 Å². The highest BCUT2D eigenvalue weighted by molar-refractivity contribution is 5.98. The van der Waals surface area contributed by atoms with E-state index in [1.165, 1.54) is 12.0 Å². The van der Waals surface area contributed by atoms with Crippen LogP contribution in [-0.4, -0.2) is 95.2 Å². The lowest BCUT2D eigenvalue weighted by Crippen LogP contribution is -2.78. The van der Waals surface area contributed by atoms with E-state index in [4.69, 9.17) is 20.9 Å². The number of aliphatic hydroxyl groups is 2. The third kappa shape index (κ3) is 4.31. The second-order valence-electron chi connectivity index (χ2n) is 11.8. The number of fused-ring (bicyclic) bond motifs is 1. The summed E-state index contributed by atoms with van der Waals surface area (Å²) in [5.74, 6) is -2.81. The Balaban J connectivity index is 1.26. The average Bonchev–Trinajstić information content (AvgIpc) is 3.44. The molecule has 1 saturated heterocycles. The highest BCUT2D eigenvalue weighted by atomic mass is 16.5. The van der Waals surface area contributed by atoms with E-state index in [1.54, 1.807) is 36.4 Å². The van der Waals surface area contributed by atoms with Crippen molar-refractivity contribution in [1.29, 1.82) is 0 Å². The largest absolute Gasteiger partial charge is 0.496 e. The van der Waals surface area contributed by atoms with Crippen LogP contribution in [0, 0.1) is 0 Å². The lowest BCUT2D eigenvalue weighted by Gasteiger charge is -2.49. The van der Waals surface area contributed by atoms with Crippen LogP contribution in [-0.2, 0) is 5.41 Å². The van der Waals surface area contributed by atoms with Crippen molar-refractivity contribution in [2.45, 2.75) is 55.3 Å². The molecule has 1 unspecified atom stereocenters. The summed E-state index contributed by atoms with van der Waals surface area (Å²) < 4.78 is 11.2. The Labute approximate surface area is 248 Å². The van der Waals surface area contributed by atoms with Gasteiger partial charge in [-0.15, -0.1) is 0 Å². The number of nitrogens with one attached hydrogen (secondary N) is 3. The van der Waals surface area contributed by atoms with Crippen LogP contribution < -0.4 is 36.9 Å². The van der Waals surface area contributed by atoms with Gasteiger partial charge in [-0.25, -0.2) is 9.98 Å². The monoisotopic (exact) mass is 592 g/mol. The molecule has 0 bridgehead atoms. The number of benzene rings is 2. The number of hydrogen-bond donors (Lipinski definition) is 7. The molecule has 0 aromatic heterocycles. The summed E-state index contributed by atoms with van der Waals surface area (Å²) in [6.07, 6.45) is 0.801. The van der Waals surface area contributed by atoms with Gasteiger partial charge in [-0.3, -0.25) is 9.59 Å². The lowest BCUT2D eigenvalue weighted by atomic mass is 9.79. The van der Waals surface area contributed by atoms with Gasteiger partial charge in [-0.2, -0.15) is 0 Å². The first-order valence-corrected chi connectivity index (χ1v) is 14.1. The molecule has 2 aromatic rings. The maximum Gasteiger partial charge on any atom is 0.255 e. The first kappa shape index (κ1) is 28.6. The number of amides is 2. The predicted molar refractivity (Wildman–Crippen MR) is 157 cm³/mol. The van der Waals surface area contributed by atoms with Crippen LogP contribution in [0.15, 0.2) is 52.4 Å². The SMILES string of the molecule is COc1ccccc1C(=O)NC[C@@H]1N=C(N)N2CC(NC(=O)c3cccc4c3OCCC4(C)C)C(O)(O)[C@@]23NC(N)=N[C@@H]13. The fourth-order valence-corrected chi connectivity index (χ4v) is 6.56. The normalized spacial score (nSPS) is 27.7. The summed E-state index contributed by atoms with van der Waals surface area (Å²) in [5, 5.41) is 32.0. The summed E-state index contributed by atoms with van der Waals surface area (Å²) in [6.45, 7) is 4.47. The molecule has 228 valence electrons. The molecule has 0 saturated carbocycles. The summed E-state index contributed by atoms with van der Waals surface area (Å²) in [4.78, 5) is 37.0. The maximum atomic E-state index is 13.6. The Morgan fingerprint density at radius 2 is 1.86 bits per heavy atom. The van der Waals surface area contributed by atoms with Crippen molar-refractivity contribution >= 4 is 23.7 Å². The average molecular weight is 593 g/mol. The van der Waals surface area contributed by atoms with Gasteiger partial charge < -0.3 is 52.0 Å². The van der Waals surface area contributed by atoms with E-state index in [-0.39, 0.29) is 36.0 Å². The molecule has 1 fully saturated rings. The molecule has 2 aromatic carbocycles. The van der Waals surface area contributed by atoms with Crippen LogP contribution >= 0.6 is 0 Å². The maximum absolute atomic E-state index is 13.6. The van der Waals surface area contributed by atoms with E-state index in [1.807, 2.05) is 6.07 Å². The van der Waals surface area contributed by atoms with E-state index in [0.29, 0.717) is 23.7 Å². The first-order chi connectivity index (χ1) is 20.4. The Bertz CT molecular complexity index is 1540. The Kier molecular flexibility index (Phi) is 6.65. The highest BCUT2D eigenvalue weighted by Crippen LogP contribution is 2.45. The number of guanidine groups is 2. The van der Waals surface area contributed by atoms with Crippen LogP contribution in [0.3, 0.4) is 0 Å². The zero-order valence-corrected chi connectivity index (χ0v) is 24.1. The van der Waals surface area contributed by atoms with Gasteiger partial charge in [0.15, 0.2) is 17.6 Å². The fraction of sp³-hybridized carbons (Fsp3) is 0.448. The number of carbonyl (C=O) groups excluding carboxylic acids is 2. The van der Waals surface area contributed by atoms with Gasteiger partial charge >= 0.3 is 0 Å². The second kappa shape index (κ2) is 10.0. The van der Waals surface area contributed by atoms with Gasteiger partial charge in [0.25, 0.3) is 11.8 Å². The molecule has 4 aliphatic rings. The molecule has 9 N–H and O–H groups in total. The van der Waals surface area contributed by atoms with Crippen molar-refractivity contribution in [3.05, 3.63) is 59.2 Å². The summed E-state index contributed by atoms with van der Waals surface area (Å²) in [6, 6.07) is 9.06. The van der Waals surface area contributed by atoms with Gasteiger partial charge in [0.1, 0.15) is 23.6 Å². The molecule has 4 aliphatic heterocycles. The zero-order chi connectivity index (χ0) is 30.7. The van der Waals surface area contributed by atoms with E-state index >= 15 is 0 Å². The Morgan fingerprint density at radius 3 is 2.63 bits per heavy atom. The van der Waals surface area contributed by atoms with E-state index in [0.717, 1.165) is 12.0 Å². The third-order valence-corrected chi connectivity index (χ3v) is 8.89. The minimum absolute atomic E-state index is 0.0309. The van der Waals surface area contributed by atoms with Crippen LogP contribution in [0.2, 0.25) is 0 Å². The van der Waals surface area contributed by atoms with Crippen LogP contribution in [0.4, 0.5) is 0 Å². The molecular weight excluding hydrogens is 556 g/mol. The summed E-state index contributed by atoms with van der Waals surface area (Å²) in [7, 11) is 1.47.